The van der Waals surface area contributed by atoms with Crippen LogP contribution in [0.5, 0.6) is 0 Å². The van der Waals surface area contributed by atoms with Crippen LogP contribution in [0.2, 0.25) is 5.02 Å². The fraction of sp³-hybridized carbons (Fsp3) is 0.0833. The number of rotatable bonds is 3. The first-order valence-electron chi connectivity index (χ1n) is 4.93. The van der Waals surface area contributed by atoms with Gasteiger partial charge in [0.1, 0.15) is 10.1 Å². The van der Waals surface area contributed by atoms with Gasteiger partial charge in [-0.2, -0.15) is 0 Å². The van der Waals surface area contributed by atoms with Gasteiger partial charge in [0.25, 0.3) is 0 Å². The molecule has 0 aromatic carbocycles. The molecule has 0 aliphatic carbocycles. The van der Waals surface area contributed by atoms with Crippen molar-refractivity contribution in [3.63, 3.8) is 0 Å². The van der Waals surface area contributed by atoms with E-state index in [-0.39, 0.29) is 5.78 Å². The van der Waals surface area contributed by atoms with Crippen molar-refractivity contribution in [2.75, 3.05) is 0 Å². The maximum absolute atomic E-state index is 11.4. The first kappa shape index (κ1) is 12.1. The zero-order valence-electron chi connectivity index (χ0n) is 9.05. The topological polar surface area (TPSA) is 42.9 Å². The summed E-state index contributed by atoms with van der Waals surface area (Å²) in [5.74, 6) is -0.0207. The quantitative estimate of drug-likeness (QED) is 0.796. The minimum Gasteiger partial charge on any atom is -0.294 e. The van der Waals surface area contributed by atoms with Crippen LogP contribution in [0.25, 0.3) is 0 Å². The highest BCUT2D eigenvalue weighted by atomic mass is 35.5. The van der Waals surface area contributed by atoms with E-state index in [1.807, 2.05) is 0 Å². The molecule has 0 aliphatic heterocycles. The predicted molar refractivity (Wildman–Crippen MR) is 67.6 cm³/mol. The maximum Gasteiger partial charge on any atom is 0.162 e. The first-order valence-corrected chi connectivity index (χ1v) is 6.12. The molecule has 0 aliphatic rings. The fourth-order valence-corrected chi connectivity index (χ4v) is 2.41. The number of carbonyl (C=O) groups excluding carboxylic acids is 1. The van der Waals surface area contributed by atoms with Crippen LogP contribution < -0.4 is 0 Å². The number of hydrogen-bond acceptors (Lipinski definition) is 4. The molecular formula is C12H9ClN2OS. The molecular weight excluding hydrogens is 256 g/mol. The van der Waals surface area contributed by atoms with E-state index >= 15 is 0 Å². The molecule has 2 aromatic rings. The average molecular weight is 265 g/mol. The van der Waals surface area contributed by atoms with Gasteiger partial charge in [-0.3, -0.25) is 4.79 Å². The molecule has 0 radical (unpaired) electrons. The lowest BCUT2D eigenvalue weighted by atomic mass is 10.2. The van der Waals surface area contributed by atoms with Gasteiger partial charge in [-0.15, -0.1) is 0 Å². The number of halogens is 1. The normalized spacial score (nSPS) is 10.2. The minimum atomic E-state index is -0.0207. The summed E-state index contributed by atoms with van der Waals surface area (Å²) in [6.07, 6.45) is 3.30. The second kappa shape index (κ2) is 5.29. The van der Waals surface area contributed by atoms with Crippen LogP contribution in [0.15, 0.2) is 46.7 Å². The lowest BCUT2D eigenvalue weighted by Crippen LogP contribution is -1.97. The van der Waals surface area contributed by atoms with Crippen molar-refractivity contribution in [3.8, 4) is 0 Å². The van der Waals surface area contributed by atoms with Crippen LogP contribution in [0.1, 0.15) is 17.3 Å². The zero-order valence-corrected chi connectivity index (χ0v) is 10.6. The number of nitrogens with zero attached hydrogens (tertiary/aromatic N) is 2. The number of hydrogen-bond donors (Lipinski definition) is 0. The summed E-state index contributed by atoms with van der Waals surface area (Å²) in [5.41, 5.74) is 0.583. The monoisotopic (exact) mass is 264 g/mol. The van der Waals surface area contributed by atoms with Crippen LogP contribution in [0, 0.1) is 0 Å². The van der Waals surface area contributed by atoms with Crippen molar-refractivity contribution < 1.29 is 4.79 Å². The van der Waals surface area contributed by atoms with E-state index in [0.29, 0.717) is 20.6 Å². The van der Waals surface area contributed by atoms with Gasteiger partial charge in [-0.25, -0.2) is 9.97 Å². The van der Waals surface area contributed by atoms with Crippen LogP contribution in [0.3, 0.4) is 0 Å². The molecule has 0 saturated heterocycles. The van der Waals surface area contributed by atoms with Crippen molar-refractivity contribution >= 4 is 29.1 Å². The first-order chi connectivity index (χ1) is 8.18. The predicted octanol–water partition coefficient (Wildman–Crippen LogP) is 3.48. The third-order valence-corrected chi connectivity index (χ3v) is 3.52. The molecule has 5 heteroatoms. The lowest BCUT2D eigenvalue weighted by Gasteiger charge is -2.05. The third kappa shape index (κ3) is 2.84. The highest BCUT2D eigenvalue weighted by Crippen LogP contribution is 2.31. The Kier molecular flexibility index (Phi) is 3.76. The molecule has 0 amide bonds. The number of aromatic nitrogens is 2. The number of ketones is 1. The fourth-order valence-electron chi connectivity index (χ4n) is 1.28. The van der Waals surface area contributed by atoms with Gasteiger partial charge >= 0.3 is 0 Å². The highest BCUT2D eigenvalue weighted by molar-refractivity contribution is 7.99. The van der Waals surface area contributed by atoms with Gasteiger partial charge in [0.05, 0.1) is 5.02 Å². The molecule has 3 nitrogen and oxygen atoms in total. The van der Waals surface area contributed by atoms with Crippen LogP contribution >= 0.6 is 23.4 Å². The Morgan fingerprint density at radius 3 is 2.47 bits per heavy atom. The van der Waals surface area contributed by atoms with Crippen molar-refractivity contribution in [1.29, 1.82) is 0 Å². The Bertz CT molecular complexity index is 560. The van der Waals surface area contributed by atoms with Gasteiger partial charge < -0.3 is 0 Å². The van der Waals surface area contributed by atoms with Crippen LogP contribution in [0.4, 0.5) is 0 Å². The van der Waals surface area contributed by atoms with Gasteiger partial charge in [-0.05, 0) is 43.0 Å². The molecule has 2 rings (SSSR count). The summed E-state index contributed by atoms with van der Waals surface area (Å²) in [7, 11) is 0. The number of Topliss-reactive ketones (excluding diaryl/α,β-unsaturated/α-hetero) is 1. The van der Waals surface area contributed by atoms with Crippen molar-refractivity contribution in [1.82, 2.24) is 9.97 Å². The van der Waals surface area contributed by atoms with Crippen molar-refractivity contribution in [2.45, 2.75) is 17.0 Å². The SMILES string of the molecule is CC(=O)c1cccnc1Sc1ncccc1Cl. The van der Waals surface area contributed by atoms with E-state index in [9.17, 15) is 4.79 Å². The minimum absolute atomic E-state index is 0.0207. The van der Waals surface area contributed by atoms with Gasteiger partial charge in [0.2, 0.25) is 0 Å². The van der Waals surface area contributed by atoms with Gasteiger partial charge in [0.15, 0.2) is 5.78 Å². The molecule has 0 atom stereocenters. The van der Waals surface area contributed by atoms with Crippen molar-refractivity contribution in [2.24, 2.45) is 0 Å². The summed E-state index contributed by atoms with van der Waals surface area (Å²) < 4.78 is 0. The second-order valence-corrected chi connectivity index (χ2v) is 4.69. The smallest absolute Gasteiger partial charge is 0.162 e. The third-order valence-electron chi connectivity index (χ3n) is 2.07. The number of pyridine rings is 2. The molecule has 0 N–H and O–H groups in total. The summed E-state index contributed by atoms with van der Waals surface area (Å²) in [6, 6.07) is 7.00. The molecule has 0 spiro atoms. The Hall–Kier alpha value is -1.39. The zero-order chi connectivity index (χ0) is 12.3. The second-order valence-electron chi connectivity index (χ2n) is 3.30. The van der Waals surface area contributed by atoms with Crippen LogP contribution in [-0.4, -0.2) is 15.8 Å². The van der Waals surface area contributed by atoms with E-state index in [0.717, 1.165) is 0 Å². The molecule has 0 bridgehead atoms. The highest BCUT2D eigenvalue weighted by Gasteiger charge is 2.11. The molecule has 0 unspecified atom stereocenters. The van der Waals surface area contributed by atoms with E-state index in [2.05, 4.69) is 9.97 Å². The summed E-state index contributed by atoms with van der Waals surface area (Å²) in [6.45, 7) is 1.51. The Labute approximate surface area is 108 Å². The number of carbonyl (C=O) groups is 1. The average Bonchev–Trinajstić information content (AvgIpc) is 2.32. The van der Waals surface area contributed by atoms with E-state index in [1.54, 1.807) is 36.7 Å². The van der Waals surface area contributed by atoms with Crippen LogP contribution in [-0.2, 0) is 0 Å². The molecule has 0 fully saturated rings. The van der Waals surface area contributed by atoms with Gasteiger partial charge in [0, 0.05) is 18.0 Å². The molecule has 17 heavy (non-hydrogen) atoms. The Morgan fingerprint density at radius 1 is 1.18 bits per heavy atom. The van der Waals surface area contributed by atoms with E-state index in [4.69, 9.17) is 11.6 Å². The largest absolute Gasteiger partial charge is 0.294 e. The van der Waals surface area contributed by atoms with Crippen molar-refractivity contribution in [3.05, 3.63) is 47.2 Å². The Morgan fingerprint density at radius 2 is 1.82 bits per heavy atom. The van der Waals surface area contributed by atoms with E-state index < -0.39 is 0 Å². The summed E-state index contributed by atoms with van der Waals surface area (Å²) >= 11 is 7.30. The lowest BCUT2D eigenvalue weighted by molar-refractivity contribution is 0.101. The summed E-state index contributed by atoms with van der Waals surface area (Å²) in [4.78, 5) is 19.8. The molecule has 2 aromatic heterocycles. The van der Waals surface area contributed by atoms with E-state index in [1.165, 1.54) is 18.7 Å². The standard InChI is InChI=1S/C12H9ClN2OS/c1-8(16)9-4-2-6-14-11(9)17-12-10(13)5-3-7-15-12/h2-7H,1H3. The maximum atomic E-state index is 11.4. The Balaban J connectivity index is 2.37. The molecule has 2 heterocycles. The summed E-state index contributed by atoms with van der Waals surface area (Å²) in [5, 5.41) is 1.83. The molecule has 86 valence electrons. The molecule has 0 saturated carbocycles. The van der Waals surface area contributed by atoms with Gasteiger partial charge in [-0.1, -0.05) is 11.6 Å².